The van der Waals surface area contributed by atoms with E-state index in [0.717, 1.165) is 0 Å². The van der Waals surface area contributed by atoms with E-state index in [2.05, 4.69) is 9.46 Å². The van der Waals surface area contributed by atoms with Crippen molar-refractivity contribution in [3.05, 3.63) is 29.8 Å². The van der Waals surface area contributed by atoms with Crippen molar-refractivity contribution in [2.75, 3.05) is 13.7 Å². The topological polar surface area (TPSA) is 98.5 Å². The number of hydrogen-bond acceptors (Lipinski definition) is 5. The molecule has 0 radical (unpaired) electrons. The average molecular weight is 286 g/mol. The SMILES string of the molecule is CCC(CN)NS(=O)(=O)c1ccccc1C(=O)OC. The minimum atomic E-state index is -3.80. The molecular weight excluding hydrogens is 268 g/mol. The molecule has 7 heteroatoms. The van der Waals surface area contributed by atoms with E-state index < -0.39 is 16.0 Å². The molecule has 1 unspecified atom stereocenters. The Bertz CT molecular complexity index is 538. The molecule has 3 N–H and O–H groups in total. The van der Waals surface area contributed by atoms with Crippen LogP contribution in [-0.2, 0) is 14.8 Å². The molecule has 1 aromatic carbocycles. The lowest BCUT2D eigenvalue weighted by molar-refractivity contribution is 0.0596. The zero-order chi connectivity index (χ0) is 14.5. The van der Waals surface area contributed by atoms with Crippen molar-refractivity contribution >= 4 is 16.0 Å². The van der Waals surface area contributed by atoms with Gasteiger partial charge in [-0.15, -0.1) is 0 Å². The van der Waals surface area contributed by atoms with Crippen molar-refractivity contribution in [1.82, 2.24) is 4.72 Å². The van der Waals surface area contributed by atoms with Gasteiger partial charge in [-0.1, -0.05) is 19.1 Å². The second-order valence-corrected chi connectivity index (χ2v) is 5.63. The Morgan fingerprint density at radius 3 is 2.58 bits per heavy atom. The van der Waals surface area contributed by atoms with Crippen molar-refractivity contribution in [2.24, 2.45) is 5.73 Å². The number of sulfonamides is 1. The third-order valence-electron chi connectivity index (χ3n) is 2.68. The van der Waals surface area contributed by atoms with Crippen molar-refractivity contribution in [3.8, 4) is 0 Å². The van der Waals surface area contributed by atoms with Gasteiger partial charge in [0.05, 0.1) is 17.6 Å². The largest absolute Gasteiger partial charge is 0.465 e. The molecule has 0 amide bonds. The Labute approximate surface area is 113 Å². The Morgan fingerprint density at radius 1 is 1.42 bits per heavy atom. The van der Waals surface area contributed by atoms with E-state index in [1.54, 1.807) is 12.1 Å². The van der Waals surface area contributed by atoms with Gasteiger partial charge in [0.2, 0.25) is 10.0 Å². The molecule has 0 spiro atoms. The van der Waals surface area contributed by atoms with E-state index in [1.807, 2.05) is 6.92 Å². The van der Waals surface area contributed by atoms with Gasteiger partial charge in [-0.05, 0) is 18.6 Å². The van der Waals surface area contributed by atoms with Gasteiger partial charge in [0.25, 0.3) is 0 Å². The van der Waals surface area contributed by atoms with Crippen LogP contribution in [0.1, 0.15) is 23.7 Å². The Kier molecular flexibility index (Phi) is 5.46. The molecule has 106 valence electrons. The highest BCUT2D eigenvalue weighted by Crippen LogP contribution is 2.16. The van der Waals surface area contributed by atoms with E-state index in [-0.39, 0.29) is 23.0 Å². The van der Waals surface area contributed by atoms with E-state index in [9.17, 15) is 13.2 Å². The maximum absolute atomic E-state index is 12.2. The Hall–Kier alpha value is -1.44. The fourth-order valence-corrected chi connectivity index (χ4v) is 3.09. The number of carbonyl (C=O) groups excluding carboxylic acids is 1. The number of nitrogens with two attached hydrogens (primary N) is 1. The van der Waals surface area contributed by atoms with Crippen LogP contribution in [0.25, 0.3) is 0 Å². The number of rotatable bonds is 6. The molecule has 0 heterocycles. The van der Waals surface area contributed by atoms with Crippen molar-refractivity contribution in [2.45, 2.75) is 24.3 Å². The lowest BCUT2D eigenvalue weighted by atomic mass is 10.2. The van der Waals surface area contributed by atoms with Crippen LogP contribution in [-0.4, -0.2) is 34.1 Å². The molecule has 6 nitrogen and oxygen atoms in total. The van der Waals surface area contributed by atoms with Crippen molar-refractivity contribution in [1.29, 1.82) is 0 Å². The minimum absolute atomic E-state index is 0.00405. The van der Waals surface area contributed by atoms with Gasteiger partial charge in [-0.3, -0.25) is 0 Å². The molecule has 0 saturated carbocycles. The standard InChI is InChI=1S/C12H18N2O4S/c1-3-9(8-13)14-19(16,17)11-7-5-4-6-10(11)12(15)18-2/h4-7,9,14H,3,8,13H2,1-2H3. The molecule has 1 aromatic rings. The molecular formula is C12H18N2O4S. The summed E-state index contributed by atoms with van der Waals surface area (Å²) in [6.07, 6.45) is 0.566. The molecule has 0 saturated heterocycles. The molecule has 0 aliphatic carbocycles. The molecule has 0 aromatic heterocycles. The van der Waals surface area contributed by atoms with Crippen LogP contribution in [0.2, 0.25) is 0 Å². The normalized spacial score (nSPS) is 13.0. The first-order chi connectivity index (χ1) is 8.96. The summed E-state index contributed by atoms with van der Waals surface area (Å²) in [6, 6.07) is 5.52. The summed E-state index contributed by atoms with van der Waals surface area (Å²) in [7, 11) is -2.60. The van der Waals surface area contributed by atoms with Crippen molar-refractivity contribution in [3.63, 3.8) is 0 Å². The number of esters is 1. The lowest BCUT2D eigenvalue weighted by Crippen LogP contribution is -2.40. The molecule has 0 aliphatic rings. The summed E-state index contributed by atoms with van der Waals surface area (Å²) in [6.45, 7) is 2.02. The van der Waals surface area contributed by atoms with Gasteiger partial charge in [0.1, 0.15) is 0 Å². The van der Waals surface area contributed by atoms with Crippen LogP contribution >= 0.6 is 0 Å². The smallest absolute Gasteiger partial charge is 0.339 e. The van der Waals surface area contributed by atoms with Gasteiger partial charge in [-0.2, -0.15) is 0 Å². The second-order valence-electron chi connectivity index (χ2n) is 3.95. The summed E-state index contributed by atoms with van der Waals surface area (Å²) in [4.78, 5) is 11.5. The molecule has 0 aliphatic heterocycles. The number of ether oxygens (including phenoxy) is 1. The summed E-state index contributed by atoms with van der Waals surface area (Å²) in [5, 5.41) is 0. The number of methoxy groups -OCH3 is 1. The average Bonchev–Trinajstić information content (AvgIpc) is 2.43. The maximum Gasteiger partial charge on any atom is 0.339 e. The third-order valence-corrected chi connectivity index (χ3v) is 4.26. The number of hydrogen-bond donors (Lipinski definition) is 2. The molecule has 0 bridgehead atoms. The Balaban J connectivity index is 3.18. The summed E-state index contributed by atoms with van der Waals surface area (Å²) in [5.74, 6) is -0.693. The Morgan fingerprint density at radius 2 is 2.05 bits per heavy atom. The monoisotopic (exact) mass is 286 g/mol. The van der Waals surface area contributed by atoms with Gasteiger partial charge < -0.3 is 10.5 Å². The summed E-state index contributed by atoms with van der Waals surface area (Å²) in [5.41, 5.74) is 5.48. The molecule has 19 heavy (non-hydrogen) atoms. The minimum Gasteiger partial charge on any atom is -0.465 e. The highest BCUT2D eigenvalue weighted by atomic mass is 32.2. The van der Waals surface area contributed by atoms with Crippen LogP contribution in [0, 0.1) is 0 Å². The van der Waals surface area contributed by atoms with Gasteiger partial charge >= 0.3 is 5.97 Å². The first-order valence-electron chi connectivity index (χ1n) is 5.86. The van der Waals surface area contributed by atoms with E-state index in [0.29, 0.717) is 6.42 Å². The second kappa shape index (κ2) is 6.65. The predicted molar refractivity (Wildman–Crippen MR) is 71.2 cm³/mol. The van der Waals surface area contributed by atoms with E-state index in [4.69, 9.17) is 5.73 Å². The van der Waals surface area contributed by atoms with Crippen LogP contribution in [0.3, 0.4) is 0 Å². The fraction of sp³-hybridized carbons (Fsp3) is 0.417. The van der Waals surface area contributed by atoms with Crippen LogP contribution in [0.4, 0.5) is 0 Å². The maximum atomic E-state index is 12.2. The predicted octanol–water partition coefficient (Wildman–Crippen LogP) is 0.489. The van der Waals surface area contributed by atoms with Crippen LogP contribution in [0.5, 0.6) is 0 Å². The van der Waals surface area contributed by atoms with E-state index >= 15 is 0 Å². The zero-order valence-electron chi connectivity index (χ0n) is 10.9. The van der Waals surface area contributed by atoms with E-state index in [1.165, 1.54) is 19.2 Å². The molecule has 0 fully saturated rings. The number of nitrogens with one attached hydrogen (secondary N) is 1. The summed E-state index contributed by atoms with van der Waals surface area (Å²) < 4.78 is 31.5. The molecule has 1 rings (SSSR count). The van der Waals surface area contributed by atoms with Crippen LogP contribution < -0.4 is 10.5 Å². The fourth-order valence-electron chi connectivity index (χ4n) is 1.56. The van der Waals surface area contributed by atoms with Gasteiger partial charge in [-0.25, -0.2) is 17.9 Å². The zero-order valence-corrected chi connectivity index (χ0v) is 11.7. The number of carbonyl (C=O) groups is 1. The highest BCUT2D eigenvalue weighted by Gasteiger charge is 2.24. The third kappa shape index (κ3) is 3.76. The summed E-state index contributed by atoms with van der Waals surface area (Å²) >= 11 is 0. The first-order valence-corrected chi connectivity index (χ1v) is 7.34. The van der Waals surface area contributed by atoms with Crippen molar-refractivity contribution < 1.29 is 17.9 Å². The number of benzene rings is 1. The first kappa shape index (κ1) is 15.6. The quantitative estimate of drug-likeness (QED) is 0.741. The van der Waals surface area contributed by atoms with Crippen LogP contribution in [0.15, 0.2) is 29.2 Å². The molecule has 1 atom stereocenters. The van der Waals surface area contributed by atoms with Gasteiger partial charge in [0.15, 0.2) is 0 Å². The highest BCUT2D eigenvalue weighted by molar-refractivity contribution is 7.89. The lowest BCUT2D eigenvalue weighted by Gasteiger charge is -2.16. The van der Waals surface area contributed by atoms with Gasteiger partial charge in [0, 0.05) is 12.6 Å².